The molecule has 0 radical (unpaired) electrons. The van der Waals surface area contributed by atoms with E-state index in [2.05, 4.69) is 27.5 Å². The number of hydrogen-bond donors (Lipinski definition) is 2. The Kier molecular flexibility index (Phi) is 10.5. The van der Waals surface area contributed by atoms with E-state index in [4.69, 9.17) is 4.74 Å². The Bertz CT molecular complexity index is 1750. The largest absolute Gasteiger partial charge is 0.495 e. The highest BCUT2D eigenvalue weighted by molar-refractivity contribution is 7.90. The first-order valence-corrected chi connectivity index (χ1v) is 16.0. The number of amides is 1. The first kappa shape index (κ1) is 34.9. The zero-order chi connectivity index (χ0) is 33.9. The lowest BCUT2D eigenvalue weighted by molar-refractivity contribution is -0.140. The van der Waals surface area contributed by atoms with Crippen molar-refractivity contribution in [1.29, 1.82) is 0 Å². The van der Waals surface area contributed by atoms with Crippen molar-refractivity contribution in [2.24, 2.45) is 5.92 Å². The van der Waals surface area contributed by atoms with Crippen molar-refractivity contribution >= 4 is 32.5 Å². The fraction of sp³-hybridized carbons (Fsp3) is 0.467. The molecule has 1 aliphatic heterocycles. The van der Waals surface area contributed by atoms with Crippen LogP contribution in [0.25, 0.3) is 11.0 Å². The van der Waals surface area contributed by atoms with Gasteiger partial charge in [-0.25, -0.2) is 22.2 Å². The highest BCUT2D eigenvalue weighted by Gasteiger charge is 2.49. The number of carbonyl (C=O) groups is 1. The normalized spacial score (nSPS) is 18.5. The van der Waals surface area contributed by atoms with Gasteiger partial charge in [0.05, 0.1) is 60.9 Å². The van der Waals surface area contributed by atoms with Crippen molar-refractivity contribution in [2.75, 3.05) is 51.5 Å². The average Bonchev–Trinajstić information content (AvgIpc) is 3.35. The maximum absolute atomic E-state index is 15.2. The minimum Gasteiger partial charge on any atom is -0.495 e. The van der Waals surface area contributed by atoms with E-state index < -0.39 is 59.6 Å². The van der Waals surface area contributed by atoms with Gasteiger partial charge in [0.1, 0.15) is 17.8 Å². The van der Waals surface area contributed by atoms with E-state index >= 15 is 8.78 Å². The average molecular weight is 674 g/mol. The van der Waals surface area contributed by atoms with Gasteiger partial charge in [0, 0.05) is 31.0 Å². The maximum Gasteiger partial charge on any atom is 0.406 e. The fourth-order valence-electron chi connectivity index (χ4n) is 5.37. The Hall–Kier alpha value is -3.97. The molecule has 1 aromatic heterocycles. The van der Waals surface area contributed by atoms with Gasteiger partial charge in [-0.1, -0.05) is 18.8 Å². The summed E-state index contributed by atoms with van der Waals surface area (Å²) in [5.74, 6) is 0.769. The Balaban J connectivity index is 1.62. The predicted molar refractivity (Wildman–Crippen MR) is 160 cm³/mol. The number of imidazole rings is 1. The summed E-state index contributed by atoms with van der Waals surface area (Å²) >= 11 is 0. The third-order valence-corrected chi connectivity index (χ3v) is 8.53. The third-order valence-electron chi connectivity index (χ3n) is 7.42. The molecule has 16 heteroatoms. The van der Waals surface area contributed by atoms with E-state index in [0.717, 1.165) is 17.2 Å². The first-order valence-electron chi connectivity index (χ1n) is 14.2. The van der Waals surface area contributed by atoms with E-state index in [9.17, 15) is 30.8 Å². The summed E-state index contributed by atoms with van der Waals surface area (Å²) < 4.78 is 113. The van der Waals surface area contributed by atoms with Crippen LogP contribution >= 0.6 is 0 Å². The SMILES string of the molecule is COc1cc(S(C)(=O)=O)ccc1NCC#Cc1cc(C(=O)N[C@@H]2[C@@H](C)CN(CCCF)CC2(F)F)c2ncn(CC(F)(F)F)c2c1. The minimum atomic E-state index is -4.61. The molecule has 0 aliphatic carbocycles. The number of carbonyl (C=O) groups excluding carboxylic acids is 1. The summed E-state index contributed by atoms with van der Waals surface area (Å²) in [6.07, 6.45) is -2.54. The molecule has 0 unspecified atom stereocenters. The summed E-state index contributed by atoms with van der Waals surface area (Å²) in [6.45, 7) is -0.876. The summed E-state index contributed by atoms with van der Waals surface area (Å²) in [5.41, 5.74) is 0.146. The second-order valence-corrected chi connectivity index (χ2v) is 13.2. The zero-order valence-electron chi connectivity index (χ0n) is 25.2. The molecule has 1 saturated heterocycles. The molecular formula is C30H33F6N5O4S. The highest BCUT2D eigenvalue weighted by atomic mass is 32.2. The summed E-state index contributed by atoms with van der Waals surface area (Å²) in [4.78, 5) is 18.9. The van der Waals surface area contributed by atoms with Crippen LogP contribution in [0.2, 0.25) is 0 Å². The van der Waals surface area contributed by atoms with Gasteiger partial charge in [-0.3, -0.25) is 14.1 Å². The van der Waals surface area contributed by atoms with Crippen LogP contribution in [0.4, 0.5) is 32.0 Å². The van der Waals surface area contributed by atoms with Crippen molar-refractivity contribution < 1.29 is 44.3 Å². The number of benzene rings is 2. The van der Waals surface area contributed by atoms with Gasteiger partial charge in [0.25, 0.3) is 11.8 Å². The van der Waals surface area contributed by atoms with Gasteiger partial charge in [-0.15, -0.1) is 0 Å². The van der Waals surface area contributed by atoms with Crippen LogP contribution in [0.1, 0.15) is 29.3 Å². The quantitative estimate of drug-likeness (QED) is 0.241. The lowest BCUT2D eigenvalue weighted by Crippen LogP contribution is -2.62. The third kappa shape index (κ3) is 8.43. The van der Waals surface area contributed by atoms with Crippen LogP contribution in [-0.4, -0.2) is 93.1 Å². The Labute approximate surface area is 262 Å². The number of anilines is 1. The number of nitrogens with zero attached hydrogens (tertiary/aromatic N) is 3. The molecule has 46 heavy (non-hydrogen) atoms. The summed E-state index contributed by atoms with van der Waals surface area (Å²) in [5, 5.41) is 5.33. The summed E-state index contributed by atoms with van der Waals surface area (Å²) in [7, 11) is -2.12. The van der Waals surface area contributed by atoms with Crippen molar-refractivity contribution in [3.8, 4) is 17.6 Å². The topological polar surface area (TPSA) is 106 Å². The number of sulfone groups is 1. The molecule has 9 nitrogen and oxygen atoms in total. The van der Waals surface area contributed by atoms with Gasteiger partial charge in [-0.2, -0.15) is 13.2 Å². The first-order chi connectivity index (χ1) is 21.5. The molecular weight excluding hydrogens is 640 g/mol. The van der Waals surface area contributed by atoms with Crippen LogP contribution in [0.3, 0.4) is 0 Å². The van der Waals surface area contributed by atoms with E-state index in [0.29, 0.717) is 5.69 Å². The summed E-state index contributed by atoms with van der Waals surface area (Å²) in [6, 6.07) is 5.22. The Morgan fingerprint density at radius 2 is 1.96 bits per heavy atom. The number of fused-ring (bicyclic) bond motifs is 1. The lowest BCUT2D eigenvalue weighted by atomic mass is 9.90. The fourth-order valence-corrected chi connectivity index (χ4v) is 6.01. The second kappa shape index (κ2) is 13.8. The molecule has 0 bridgehead atoms. The molecule has 0 saturated carbocycles. The monoisotopic (exact) mass is 673 g/mol. The maximum atomic E-state index is 15.2. The predicted octanol–water partition coefficient (Wildman–Crippen LogP) is 4.52. The Morgan fingerprint density at radius 3 is 2.59 bits per heavy atom. The highest BCUT2D eigenvalue weighted by Crippen LogP contribution is 2.32. The molecule has 2 N–H and O–H groups in total. The molecule has 1 amide bonds. The number of alkyl halides is 6. The molecule has 3 aromatic rings. The zero-order valence-corrected chi connectivity index (χ0v) is 26.0. The minimum absolute atomic E-state index is 0.0132. The molecule has 0 spiro atoms. The van der Waals surface area contributed by atoms with Gasteiger partial charge in [-0.05, 0) is 36.6 Å². The second-order valence-electron chi connectivity index (χ2n) is 11.1. The molecule has 2 aromatic carbocycles. The number of nitrogens with one attached hydrogen (secondary N) is 2. The standard InChI is InChI=1S/C30H33F6N5O4S/c1-19-15-40(11-5-9-31)16-29(32,33)27(19)39-28(42)22-12-20(13-24-26(22)38-18-41(24)17-30(34,35)36)6-4-10-37-23-8-7-21(46(3,43)44)14-25(23)45-2/h7-8,12-14,18-19,27,37H,5,9-11,15-17H2,1-3H3,(H,39,42)/t19-,27+/m0/s1. The number of hydrogen-bond acceptors (Lipinski definition) is 7. The smallest absolute Gasteiger partial charge is 0.406 e. The number of piperidine rings is 1. The van der Waals surface area contributed by atoms with Gasteiger partial charge in [0.2, 0.25) is 0 Å². The van der Waals surface area contributed by atoms with Crippen molar-refractivity contribution in [3.63, 3.8) is 0 Å². The number of likely N-dealkylation sites (tertiary alicyclic amines) is 1. The molecule has 4 rings (SSSR count). The van der Waals surface area contributed by atoms with E-state index in [1.54, 1.807) is 0 Å². The molecule has 250 valence electrons. The van der Waals surface area contributed by atoms with Gasteiger partial charge in [0.15, 0.2) is 9.84 Å². The number of rotatable bonds is 10. The molecule has 2 heterocycles. The van der Waals surface area contributed by atoms with Crippen molar-refractivity contribution in [3.05, 3.63) is 47.8 Å². The number of halogens is 6. The van der Waals surface area contributed by atoms with Gasteiger partial charge >= 0.3 is 6.18 Å². The van der Waals surface area contributed by atoms with Crippen molar-refractivity contribution in [2.45, 2.75) is 42.9 Å². The van der Waals surface area contributed by atoms with Crippen LogP contribution in [0, 0.1) is 17.8 Å². The van der Waals surface area contributed by atoms with Crippen molar-refractivity contribution in [1.82, 2.24) is 19.8 Å². The molecule has 1 fully saturated rings. The molecule has 2 atom stereocenters. The van der Waals surface area contributed by atoms with Gasteiger partial charge < -0.3 is 19.9 Å². The van der Waals surface area contributed by atoms with Crippen LogP contribution in [0.15, 0.2) is 41.6 Å². The number of aromatic nitrogens is 2. The number of ether oxygens (including phenoxy) is 1. The molecule has 1 aliphatic rings. The van der Waals surface area contributed by atoms with Crippen LogP contribution in [-0.2, 0) is 16.4 Å². The Morgan fingerprint density at radius 1 is 1.22 bits per heavy atom. The number of methoxy groups -OCH3 is 1. The van der Waals surface area contributed by atoms with E-state index in [1.165, 1.54) is 49.3 Å². The van der Waals surface area contributed by atoms with Crippen LogP contribution in [0.5, 0.6) is 5.75 Å². The van der Waals surface area contributed by atoms with E-state index in [-0.39, 0.29) is 58.9 Å². The lowest BCUT2D eigenvalue weighted by Gasteiger charge is -2.42. The van der Waals surface area contributed by atoms with Crippen LogP contribution < -0.4 is 15.4 Å². The van der Waals surface area contributed by atoms with E-state index in [1.807, 2.05) is 0 Å².